The quantitative estimate of drug-likeness (QED) is 0.630. The van der Waals surface area contributed by atoms with Crippen LogP contribution >= 0.6 is 11.8 Å². The van der Waals surface area contributed by atoms with Gasteiger partial charge in [-0.3, -0.25) is 4.79 Å². The Morgan fingerprint density at radius 2 is 1.61 bits per heavy atom. The monoisotopic (exact) mass is 413 g/mol. The number of methoxy groups -OCH3 is 3. The summed E-state index contributed by atoms with van der Waals surface area (Å²) in [5.74, 6) is 1.82. The lowest BCUT2D eigenvalue weighted by Gasteiger charge is -2.12. The summed E-state index contributed by atoms with van der Waals surface area (Å²) in [7, 11) is 4.43. The van der Waals surface area contributed by atoms with E-state index in [0.29, 0.717) is 22.9 Å². The van der Waals surface area contributed by atoms with Crippen molar-refractivity contribution in [2.75, 3.05) is 32.4 Å². The van der Waals surface area contributed by atoms with Crippen molar-refractivity contribution in [2.24, 2.45) is 0 Å². The highest BCUT2D eigenvalue weighted by Gasteiger charge is 2.12. The van der Waals surface area contributed by atoms with Crippen molar-refractivity contribution in [2.45, 2.75) is 12.4 Å². The second-order valence-electron chi connectivity index (χ2n) is 5.47. The van der Waals surface area contributed by atoms with E-state index in [2.05, 4.69) is 10.1 Å². The molecule has 0 bridgehead atoms. The van der Waals surface area contributed by atoms with Crippen molar-refractivity contribution in [3.05, 3.63) is 42.0 Å². The molecule has 2 aromatic rings. The Morgan fingerprint density at radius 3 is 2.25 bits per heavy atom. The van der Waals surface area contributed by atoms with Crippen LogP contribution in [-0.2, 0) is 10.5 Å². The van der Waals surface area contributed by atoms with Gasteiger partial charge in [-0.1, -0.05) is 6.07 Å². The molecule has 0 aliphatic carbocycles. The van der Waals surface area contributed by atoms with Gasteiger partial charge in [0, 0.05) is 17.5 Å². The van der Waals surface area contributed by atoms with Crippen LogP contribution in [0.1, 0.15) is 5.56 Å². The highest BCUT2D eigenvalue weighted by atomic mass is 32.2. The molecule has 0 fully saturated rings. The maximum Gasteiger partial charge on any atom is 0.387 e. The van der Waals surface area contributed by atoms with Crippen molar-refractivity contribution in [3.8, 4) is 23.0 Å². The summed E-state index contributed by atoms with van der Waals surface area (Å²) < 4.78 is 44.5. The lowest BCUT2D eigenvalue weighted by molar-refractivity contribution is -0.113. The molecule has 0 aromatic heterocycles. The van der Waals surface area contributed by atoms with Gasteiger partial charge in [-0.15, -0.1) is 11.8 Å². The number of halogens is 2. The Morgan fingerprint density at radius 1 is 0.964 bits per heavy atom. The van der Waals surface area contributed by atoms with Gasteiger partial charge < -0.3 is 24.3 Å². The van der Waals surface area contributed by atoms with E-state index in [1.54, 1.807) is 30.3 Å². The number of benzene rings is 2. The molecule has 0 saturated heterocycles. The second-order valence-corrected chi connectivity index (χ2v) is 6.46. The number of nitrogens with one attached hydrogen (secondary N) is 1. The molecule has 0 aliphatic heterocycles. The normalized spacial score (nSPS) is 10.5. The van der Waals surface area contributed by atoms with Gasteiger partial charge in [-0.2, -0.15) is 8.78 Å². The van der Waals surface area contributed by atoms with E-state index in [-0.39, 0.29) is 23.2 Å². The number of hydrogen-bond acceptors (Lipinski definition) is 6. The predicted octanol–water partition coefficient (Wildman–Crippen LogP) is 4.19. The van der Waals surface area contributed by atoms with Gasteiger partial charge in [0.25, 0.3) is 0 Å². The minimum atomic E-state index is -2.92. The fraction of sp³-hybridized carbons (Fsp3) is 0.316. The Balaban J connectivity index is 1.88. The molecule has 1 N–H and O–H groups in total. The zero-order chi connectivity index (χ0) is 20.5. The van der Waals surface area contributed by atoms with Crippen LogP contribution in [0.4, 0.5) is 14.5 Å². The van der Waals surface area contributed by atoms with Crippen LogP contribution < -0.4 is 24.3 Å². The van der Waals surface area contributed by atoms with Crippen LogP contribution in [-0.4, -0.2) is 39.6 Å². The minimum absolute atomic E-state index is 0.0301. The van der Waals surface area contributed by atoms with Crippen LogP contribution in [0, 0.1) is 0 Å². The summed E-state index contributed by atoms with van der Waals surface area (Å²) in [6.07, 6.45) is 0. The van der Waals surface area contributed by atoms with Crippen molar-refractivity contribution in [3.63, 3.8) is 0 Å². The van der Waals surface area contributed by atoms with Gasteiger partial charge in [0.15, 0.2) is 23.0 Å². The Labute approximate surface area is 166 Å². The topological polar surface area (TPSA) is 66.0 Å². The molecular weight excluding hydrogens is 392 g/mol. The van der Waals surface area contributed by atoms with Crippen LogP contribution in [0.3, 0.4) is 0 Å². The zero-order valence-corrected chi connectivity index (χ0v) is 16.5. The summed E-state index contributed by atoms with van der Waals surface area (Å²) in [5, 5.41) is 2.78. The molecule has 0 atom stereocenters. The van der Waals surface area contributed by atoms with Crippen LogP contribution in [0.5, 0.6) is 23.0 Å². The highest BCUT2D eigenvalue weighted by molar-refractivity contribution is 7.99. The fourth-order valence-corrected chi connectivity index (χ4v) is 3.14. The summed E-state index contributed by atoms with van der Waals surface area (Å²) in [6.45, 7) is -2.92. The number of anilines is 1. The fourth-order valence-electron chi connectivity index (χ4n) is 2.37. The molecule has 0 saturated carbocycles. The first kappa shape index (κ1) is 21.6. The van der Waals surface area contributed by atoms with Gasteiger partial charge >= 0.3 is 6.61 Å². The highest BCUT2D eigenvalue weighted by Crippen LogP contribution is 2.31. The number of alkyl halides is 2. The molecule has 1 amide bonds. The van der Waals surface area contributed by atoms with E-state index in [4.69, 9.17) is 14.2 Å². The second kappa shape index (κ2) is 10.6. The van der Waals surface area contributed by atoms with Crippen LogP contribution in [0.15, 0.2) is 36.4 Å². The number of rotatable bonds is 10. The third-order valence-corrected chi connectivity index (χ3v) is 4.62. The molecular formula is C19H21F2NO5S. The first-order chi connectivity index (χ1) is 13.5. The van der Waals surface area contributed by atoms with E-state index < -0.39 is 6.61 Å². The first-order valence-corrected chi connectivity index (χ1v) is 9.33. The van der Waals surface area contributed by atoms with Crippen molar-refractivity contribution < 1.29 is 32.5 Å². The SMILES string of the molecule is COc1ccc(NC(=O)CSCc2ccc(OC(F)F)c(OC)c2)cc1OC. The van der Waals surface area contributed by atoms with Gasteiger partial charge in [0.2, 0.25) is 5.91 Å². The van der Waals surface area contributed by atoms with E-state index in [1.165, 1.54) is 39.2 Å². The molecule has 0 unspecified atom stereocenters. The lowest BCUT2D eigenvalue weighted by atomic mass is 10.2. The molecule has 9 heteroatoms. The van der Waals surface area contributed by atoms with Gasteiger partial charge in [-0.05, 0) is 29.8 Å². The standard InChI is InChI=1S/C19H21F2NO5S/c1-24-14-7-5-13(9-17(14)26-3)22-18(23)11-28-10-12-4-6-15(27-19(20)21)16(8-12)25-2/h4-9,19H,10-11H2,1-3H3,(H,22,23). The summed E-state index contributed by atoms with van der Waals surface area (Å²) in [5.41, 5.74) is 1.42. The largest absolute Gasteiger partial charge is 0.493 e. The lowest BCUT2D eigenvalue weighted by Crippen LogP contribution is -2.14. The number of ether oxygens (including phenoxy) is 4. The molecule has 0 heterocycles. The molecule has 0 aliphatic rings. The number of thioether (sulfide) groups is 1. The van der Waals surface area contributed by atoms with Crippen molar-refractivity contribution in [1.29, 1.82) is 0 Å². The Hall–Kier alpha value is -2.68. The number of carbonyl (C=O) groups excluding carboxylic acids is 1. The first-order valence-electron chi connectivity index (χ1n) is 8.18. The van der Waals surface area contributed by atoms with Crippen molar-refractivity contribution >= 4 is 23.4 Å². The summed E-state index contributed by atoms with van der Waals surface area (Å²) in [4.78, 5) is 12.1. The number of hydrogen-bond donors (Lipinski definition) is 1. The molecule has 2 aromatic carbocycles. The maximum atomic E-state index is 12.4. The third kappa shape index (κ3) is 6.19. The molecule has 28 heavy (non-hydrogen) atoms. The number of carbonyl (C=O) groups is 1. The predicted molar refractivity (Wildman–Crippen MR) is 104 cm³/mol. The smallest absolute Gasteiger partial charge is 0.387 e. The average molecular weight is 413 g/mol. The van der Waals surface area contributed by atoms with Crippen LogP contribution in [0.2, 0.25) is 0 Å². The average Bonchev–Trinajstić information content (AvgIpc) is 2.68. The zero-order valence-electron chi connectivity index (χ0n) is 15.7. The van der Waals surface area contributed by atoms with Crippen LogP contribution in [0.25, 0.3) is 0 Å². The minimum Gasteiger partial charge on any atom is -0.493 e. The molecule has 0 radical (unpaired) electrons. The molecule has 152 valence electrons. The van der Waals surface area contributed by atoms with Gasteiger partial charge in [0.05, 0.1) is 27.1 Å². The summed E-state index contributed by atoms with van der Waals surface area (Å²) in [6, 6.07) is 9.78. The Kier molecular flexibility index (Phi) is 8.19. The number of amides is 1. The molecule has 6 nitrogen and oxygen atoms in total. The summed E-state index contributed by atoms with van der Waals surface area (Å²) >= 11 is 1.38. The Bertz CT molecular complexity index is 804. The van der Waals surface area contributed by atoms with Crippen molar-refractivity contribution in [1.82, 2.24) is 0 Å². The van der Waals surface area contributed by atoms with Gasteiger partial charge in [0.1, 0.15) is 0 Å². The van der Waals surface area contributed by atoms with E-state index in [1.807, 2.05) is 0 Å². The van der Waals surface area contributed by atoms with E-state index in [9.17, 15) is 13.6 Å². The maximum absolute atomic E-state index is 12.4. The molecule has 2 rings (SSSR count). The molecule has 0 spiro atoms. The van der Waals surface area contributed by atoms with E-state index in [0.717, 1.165) is 5.56 Å². The van der Waals surface area contributed by atoms with Gasteiger partial charge in [-0.25, -0.2) is 0 Å². The van der Waals surface area contributed by atoms with E-state index >= 15 is 0 Å². The third-order valence-electron chi connectivity index (χ3n) is 3.61.